The second-order valence-electron chi connectivity index (χ2n) is 6.13. The van der Waals surface area contributed by atoms with Gasteiger partial charge in [0.2, 0.25) is 0 Å². The largest absolute Gasteiger partial charge is 0.494 e. The lowest BCUT2D eigenvalue weighted by Crippen LogP contribution is -1.96. The first-order chi connectivity index (χ1) is 11.9. The van der Waals surface area contributed by atoms with Gasteiger partial charge in [-0.05, 0) is 36.2 Å². The third-order valence-electron chi connectivity index (χ3n) is 4.02. The fraction of sp³-hybridized carbons (Fsp3) is 0.409. The smallest absolute Gasteiger partial charge is 0.119 e. The molecule has 0 aliphatic rings. The molecule has 0 saturated carbocycles. The summed E-state index contributed by atoms with van der Waals surface area (Å²) in [6.07, 6.45) is 11.0. The van der Waals surface area contributed by atoms with Crippen LogP contribution in [0.25, 0.3) is 0 Å². The zero-order valence-corrected chi connectivity index (χ0v) is 14.8. The minimum Gasteiger partial charge on any atom is -0.494 e. The second-order valence-corrected chi connectivity index (χ2v) is 6.13. The zero-order chi connectivity index (χ0) is 16.9. The molecule has 0 spiro atoms. The Labute approximate surface area is 146 Å². The average Bonchev–Trinajstić information content (AvgIpc) is 2.64. The maximum atomic E-state index is 5.80. The third-order valence-corrected chi connectivity index (χ3v) is 4.02. The summed E-state index contributed by atoms with van der Waals surface area (Å²) in [5, 5.41) is 0. The molecule has 0 bridgehead atoms. The molecule has 0 aromatic heterocycles. The van der Waals surface area contributed by atoms with Gasteiger partial charge in [0, 0.05) is 6.21 Å². The Hall–Kier alpha value is -2.09. The molecular weight excluding hydrogens is 294 g/mol. The van der Waals surface area contributed by atoms with Crippen LogP contribution < -0.4 is 4.74 Å². The first-order valence-electron chi connectivity index (χ1n) is 9.20. The molecule has 0 heterocycles. The SMILES string of the molecule is CCCCCCCCCOc1ccc(/N=C/c2ccccc2)cc1. The first-order valence-corrected chi connectivity index (χ1v) is 9.20. The van der Waals surface area contributed by atoms with E-state index in [-0.39, 0.29) is 0 Å². The van der Waals surface area contributed by atoms with E-state index in [4.69, 9.17) is 4.74 Å². The van der Waals surface area contributed by atoms with Gasteiger partial charge < -0.3 is 4.74 Å². The molecule has 0 aliphatic carbocycles. The van der Waals surface area contributed by atoms with E-state index in [0.29, 0.717) is 0 Å². The van der Waals surface area contributed by atoms with E-state index in [0.717, 1.165) is 30.0 Å². The second kappa shape index (κ2) is 11.4. The molecule has 0 unspecified atom stereocenters. The summed E-state index contributed by atoms with van der Waals surface area (Å²) in [5.74, 6) is 0.930. The highest BCUT2D eigenvalue weighted by molar-refractivity contribution is 5.81. The van der Waals surface area contributed by atoms with Crippen molar-refractivity contribution in [2.24, 2.45) is 4.99 Å². The maximum absolute atomic E-state index is 5.80. The molecule has 2 heteroatoms. The van der Waals surface area contributed by atoms with Gasteiger partial charge in [-0.1, -0.05) is 75.8 Å². The van der Waals surface area contributed by atoms with E-state index in [1.807, 2.05) is 60.8 Å². The van der Waals surface area contributed by atoms with Gasteiger partial charge in [0.1, 0.15) is 5.75 Å². The minimum absolute atomic E-state index is 0.806. The van der Waals surface area contributed by atoms with Crippen LogP contribution in [0.2, 0.25) is 0 Å². The number of benzene rings is 2. The monoisotopic (exact) mass is 323 g/mol. The predicted octanol–water partition coefficient (Wildman–Crippen LogP) is 6.57. The molecule has 2 aromatic rings. The highest BCUT2D eigenvalue weighted by atomic mass is 16.5. The Balaban J connectivity index is 1.64. The van der Waals surface area contributed by atoms with Crippen LogP contribution in [0.15, 0.2) is 59.6 Å². The number of ether oxygens (including phenoxy) is 1. The quantitative estimate of drug-likeness (QED) is 0.338. The normalized spacial score (nSPS) is 11.0. The lowest BCUT2D eigenvalue weighted by Gasteiger charge is -2.06. The standard InChI is InChI=1S/C22H29NO/c1-2-3-4-5-6-7-11-18-24-22-16-14-21(15-17-22)23-19-20-12-9-8-10-13-20/h8-10,12-17,19H,2-7,11,18H2,1H3/b23-19+. The van der Waals surface area contributed by atoms with Crippen LogP contribution in [-0.4, -0.2) is 12.8 Å². The van der Waals surface area contributed by atoms with Crippen molar-refractivity contribution in [3.63, 3.8) is 0 Å². The minimum atomic E-state index is 0.806. The Kier molecular flexibility index (Phi) is 8.70. The molecular formula is C22H29NO. The first kappa shape index (κ1) is 18.3. The molecule has 128 valence electrons. The fourth-order valence-electron chi connectivity index (χ4n) is 2.57. The van der Waals surface area contributed by atoms with Gasteiger partial charge in [0.05, 0.1) is 12.3 Å². The van der Waals surface area contributed by atoms with E-state index in [2.05, 4.69) is 11.9 Å². The molecule has 0 N–H and O–H groups in total. The van der Waals surface area contributed by atoms with Gasteiger partial charge in [-0.25, -0.2) is 0 Å². The number of rotatable bonds is 11. The van der Waals surface area contributed by atoms with Gasteiger partial charge >= 0.3 is 0 Å². The molecule has 0 amide bonds. The van der Waals surface area contributed by atoms with Gasteiger partial charge in [-0.3, -0.25) is 4.99 Å². The summed E-state index contributed by atoms with van der Waals surface area (Å²) in [4.78, 5) is 4.48. The van der Waals surface area contributed by atoms with Gasteiger partial charge in [0.15, 0.2) is 0 Å². The van der Waals surface area contributed by atoms with Crippen molar-refractivity contribution in [1.29, 1.82) is 0 Å². The number of hydrogen-bond donors (Lipinski definition) is 0. The van der Waals surface area contributed by atoms with E-state index < -0.39 is 0 Å². The molecule has 0 atom stereocenters. The number of aliphatic imine (C=N–C) groups is 1. The Morgan fingerprint density at radius 3 is 2.17 bits per heavy atom. The van der Waals surface area contributed by atoms with Crippen molar-refractivity contribution in [2.45, 2.75) is 51.9 Å². The highest BCUT2D eigenvalue weighted by Crippen LogP contribution is 2.18. The predicted molar refractivity (Wildman–Crippen MR) is 104 cm³/mol. The summed E-state index contributed by atoms with van der Waals surface area (Å²) in [6, 6.07) is 18.1. The topological polar surface area (TPSA) is 21.6 Å². The van der Waals surface area contributed by atoms with Crippen LogP contribution in [0.3, 0.4) is 0 Å². The van der Waals surface area contributed by atoms with Crippen molar-refractivity contribution in [2.75, 3.05) is 6.61 Å². The number of hydrogen-bond acceptors (Lipinski definition) is 2. The fourth-order valence-corrected chi connectivity index (χ4v) is 2.57. The van der Waals surface area contributed by atoms with Crippen molar-refractivity contribution in [1.82, 2.24) is 0 Å². The van der Waals surface area contributed by atoms with E-state index in [9.17, 15) is 0 Å². The van der Waals surface area contributed by atoms with Crippen LogP contribution >= 0.6 is 0 Å². The van der Waals surface area contributed by atoms with Crippen LogP contribution in [-0.2, 0) is 0 Å². The Bertz CT molecular complexity index is 575. The van der Waals surface area contributed by atoms with Crippen LogP contribution in [0.1, 0.15) is 57.4 Å². The molecule has 2 aromatic carbocycles. The summed E-state index contributed by atoms with van der Waals surface area (Å²) in [6.45, 7) is 3.06. The molecule has 2 nitrogen and oxygen atoms in total. The summed E-state index contributed by atoms with van der Waals surface area (Å²) in [5.41, 5.74) is 2.05. The lowest BCUT2D eigenvalue weighted by molar-refractivity contribution is 0.304. The molecule has 2 rings (SSSR count). The van der Waals surface area contributed by atoms with Crippen LogP contribution in [0.4, 0.5) is 5.69 Å². The van der Waals surface area contributed by atoms with Crippen molar-refractivity contribution in [3.05, 3.63) is 60.2 Å². The average molecular weight is 323 g/mol. The molecule has 0 fully saturated rings. The highest BCUT2D eigenvalue weighted by Gasteiger charge is 1.96. The molecule has 0 aliphatic heterocycles. The van der Waals surface area contributed by atoms with E-state index in [1.165, 1.54) is 38.5 Å². The third kappa shape index (κ3) is 7.45. The van der Waals surface area contributed by atoms with Gasteiger partial charge in [-0.2, -0.15) is 0 Å². The Morgan fingerprint density at radius 1 is 0.792 bits per heavy atom. The van der Waals surface area contributed by atoms with Crippen LogP contribution in [0.5, 0.6) is 5.75 Å². The number of unbranched alkanes of at least 4 members (excludes halogenated alkanes) is 6. The summed E-state index contributed by atoms with van der Waals surface area (Å²) < 4.78 is 5.80. The molecule has 0 radical (unpaired) electrons. The van der Waals surface area contributed by atoms with Crippen LogP contribution in [0, 0.1) is 0 Å². The number of nitrogens with zero attached hydrogens (tertiary/aromatic N) is 1. The summed E-state index contributed by atoms with van der Waals surface area (Å²) in [7, 11) is 0. The van der Waals surface area contributed by atoms with Gasteiger partial charge in [-0.15, -0.1) is 0 Å². The van der Waals surface area contributed by atoms with Crippen molar-refractivity contribution in [3.8, 4) is 5.75 Å². The zero-order valence-electron chi connectivity index (χ0n) is 14.8. The van der Waals surface area contributed by atoms with Crippen molar-refractivity contribution < 1.29 is 4.74 Å². The summed E-state index contributed by atoms with van der Waals surface area (Å²) >= 11 is 0. The van der Waals surface area contributed by atoms with E-state index >= 15 is 0 Å². The molecule has 0 saturated heterocycles. The maximum Gasteiger partial charge on any atom is 0.119 e. The van der Waals surface area contributed by atoms with Gasteiger partial charge in [0.25, 0.3) is 0 Å². The Morgan fingerprint density at radius 2 is 1.46 bits per heavy atom. The van der Waals surface area contributed by atoms with E-state index in [1.54, 1.807) is 0 Å². The molecule has 24 heavy (non-hydrogen) atoms. The lowest BCUT2D eigenvalue weighted by atomic mass is 10.1. The van der Waals surface area contributed by atoms with Crippen molar-refractivity contribution >= 4 is 11.9 Å².